The van der Waals surface area contributed by atoms with Gasteiger partial charge in [0, 0.05) is 41.8 Å². The summed E-state index contributed by atoms with van der Waals surface area (Å²) in [5.41, 5.74) is 6.62. The minimum Gasteiger partial charge on any atom is -0.356 e. The molecule has 1 atom stereocenters. The number of hydrogen-bond donors (Lipinski definition) is 1. The van der Waals surface area contributed by atoms with E-state index in [0.29, 0.717) is 18.9 Å². The predicted molar refractivity (Wildman–Crippen MR) is 126 cm³/mol. The summed E-state index contributed by atoms with van der Waals surface area (Å²) in [6, 6.07) is 4.70. The number of hydrogen-bond acceptors (Lipinski definition) is 5. The number of rotatable bonds is 8. The molecule has 4 heterocycles. The molecule has 0 aliphatic carbocycles. The highest BCUT2D eigenvalue weighted by Gasteiger charge is 2.29. The van der Waals surface area contributed by atoms with Gasteiger partial charge in [0.15, 0.2) is 5.65 Å². The number of nitrogens with zero attached hydrogens (tertiary/aromatic N) is 4. The number of nitrogens with one attached hydrogen (secondary N) is 1. The van der Waals surface area contributed by atoms with Gasteiger partial charge in [-0.1, -0.05) is 6.92 Å². The minimum atomic E-state index is 0.104. The molecule has 7 heteroatoms. The lowest BCUT2D eigenvalue weighted by Gasteiger charge is -2.22. The van der Waals surface area contributed by atoms with E-state index in [1.807, 2.05) is 22.8 Å². The Labute approximate surface area is 188 Å². The first kappa shape index (κ1) is 22.0. The first-order chi connectivity index (χ1) is 15.0. The molecule has 1 N–H and O–H groups in total. The van der Waals surface area contributed by atoms with Crippen LogP contribution in [-0.4, -0.2) is 38.5 Å². The first-order valence-corrected chi connectivity index (χ1v) is 12.2. The lowest BCUT2D eigenvalue weighted by Crippen LogP contribution is -2.24. The van der Waals surface area contributed by atoms with Crippen LogP contribution in [0, 0.1) is 20.8 Å². The van der Waals surface area contributed by atoms with Crippen molar-refractivity contribution in [3.05, 3.63) is 50.6 Å². The van der Waals surface area contributed by atoms with Gasteiger partial charge in [-0.3, -0.25) is 9.69 Å². The Bertz CT molecular complexity index is 1070. The molecule has 3 aromatic heterocycles. The summed E-state index contributed by atoms with van der Waals surface area (Å²) < 4.78 is 1.98. The SMILES string of the molecule is CCCNC(=O)CCc1c(C)nc2cc([C@H]3CCCN3Cc3sccc3C)nn2c1C. The smallest absolute Gasteiger partial charge is 0.220 e. The molecule has 0 saturated carbocycles. The number of amides is 1. The van der Waals surface area contributed by atoms with Crippen molar-refractivity contribution in [1.29, 1.82) is 0 Å². The quantitative estimate of drug-likeness (QED) is 0.561. The molecule has 0 aromatic carbocycles. The molecule has 1 aliphatic heterocycles. The van der Waals surface area contributed by atoms with E-state index in [1.165, 1.54) is 16.9 Å². The van der Waals surface area contributed by atoms with Crippen molar-refractivity contribution in [3.63, 3.8) is 0 Å². The molecule has 1 fully saturated rings. The molecular formula is C24H33N5OS. The van der Waals surface area contributed by atoms with Crippen molar-refractivity contribution in [3.8, 4) is 0 Å². The molecule has 1 saturated heterocycles. The number of fused-ring (bicyclic) bond motifs is 1. The monoisotopic (exact) mass is 439 g/mol. The predicted octanol–water partition coefficient (Wildman–Crippen LogP) is 4.51. The molecule has 1 amide bonds. The number of carbonyl (C=O) groups excluding carboxylic acids is 1. The number of thiophene rings is 1. The average Bonchev–Trinajstić information content (AvgIpc) is 3.47. The second-order valence-electron chi connectivity index (χ2n) is 8.61. The maximum atomic E-state index is 12.1. The maximum absolute atomic E-state index is 12.1. The van der Waals surface area contributed by atoms with Crippen LogP contribution in [0.25, 0.3) is 5.65 Å². The van der Waals surface area contributed by atoms with Crippen LogP contribution in [0.15, 0.2) is 17.5 Å². The second-order valence-corrected chi connectivity index (χ2v) is 9.61. The summed E-state index contributed by atoms with van der Waals surface area (Å²) in [6.45, 7) is 11.2. The molecule has 4 rings (SSSR count). The van der Waals surface area contributed by atoms with Gasteiger partial charge < -0.3 is 5.32 Å². The molecule has 0 bridgehead atoms. The van der Waals surface area contributed by atoms with Crippen LogP contribution >= 0.6 is 11.3 Å². The van der Waals surface area contributed by atoms with Crippen LogP contribution in [0.4, 0.5) is 0 Å². The zero-order chi connectivity index (χ0) is 22.0. The molecule has 1 aliphatic rings. The van der Waals surface area contributed by atoms with Crippen LogP contribution in [-0.2, 0) is 17.8 Å². The van der Waals surface area contributed by atoms with Crippen molar-refractivity contribution < 1.29 is 4.79 Å². The Morgan fingerprint density at radius 2 is 2.16 bits per heavy atom. The largest absolute Gasteiger partial charge is 0.356 e. The Hall–Kier alpha value is -2.25. The van der Waals surface area contributed by atoms with E-state index in [4.69, 9.17) is 10.1 Å². The highest BCUT2D eigenvalue weighted by molar-refractivity contribution is 7.10. The van der Waals surface area contributed by atoms with Crippen LogP contribution in [0.5, 0.6) is 0 Å². The Kier molecular flexibility index (Phi) is 6.72. The van der Waals surface area contributed by atoms with Crippen LogP contribution in [0.1, 0.15) is 71.7 Å². The maximum Gasteiger partial charge on any atom is 0.220 e. The Balaban J connectivity index is 1.55. The zero-order valence-electron chi connectivity index (χ0n) is 19.1. The van der Waals surface area contributed by atoms with Crippen LogP contribution < -0.4 is 5.32 Å². The highest BCUT2D eigenvalue weighted by Crippen LogP contribution is 2.34. The number of aromatic nitrogens is 3. The number of carbonyl (C=O) groups is 1. The average molecular weight is 440 g/mol. The fourth-order valence-electron chi connectivity index (χ4n) is 4.56. The summed E-state index contributed by atoms with van der Waals surface area (Å²) in [5.74, 6) is 0.104. The van der Waals surface area contributed by atoms with E-state index in [2.05, 4.69) is 48.5 Å². The lowest BCUT2D eigenvalue weighted by atomic mass is 10.1. The minimum absolute atomic E-state index is 0.104. The molecule has 0 unspecified atom stereocenters. The topological polar surface area (TPSA) is 62.5 Å². The van der Waals surface area contributed by atoms with Gasteiger partial charge in [-0.05, 0) is 75.6 Å². The van der Waals surface area contributed by atoms with Crippen molar-refractivity contribution in [2.45, 2.75) is 72.4 Å². The van der Waals surface area contributed by atoms with Gasteiger partial charge in [0.2, 0.25) is 5.91 Å². The second kappa shape index (κ2) is 9.49. The molecule has 31 heavy (non-hydrogen) atoms. The molecule has 6 nitrogen and oxygen atoms in total. The Morgan fingerprint density at radius 1 is 1.32 bits per heavy atom. The van der Waals surface area contributed by atoms with Crippen molar-refractivity contribution in [1.82, 2.24) is 24.8 Å². The summed E-state index contributed by atoms with van der Waals surface area (Å²) >= 11 is 1.85. The number of likely N-dealkylation sites (tertiary alicyclic amines) is 1. The van der Waals surface area contributed by atoms with Crippen molar-refractivity contribution >= 4 is 22.9 Å². The Morgan fingerprint density at radius 3 is 2.90 bits per heavy atom. The van der Waals surface area contributed by atoms with Gasteiger partial charge >= 0.3 is 0 Å². The highest BCUT2D eigenvalue weighted by atomic mass is 32.1. The van der Waals surface area contributed by atoms with Crippen molar-refractivity contribution in [2.24, 2.45) is 0 Å². The summed E-state index contributed by atoms with van der Waals surface area (Å²) in [7, 11) is 0. The van der Waals surface area contributed by atoms with Gasteiger partial charge in [0.25, 0.3) is 0 Å². The van der Waals surface area contributed by atoms with Gasteiger partial charge in [-0.25, -0.2) is 9.50 Å². The van der Waals surface area contributed by atoms with Crippen LogP contribution in [0.3, 0.4) is 0 Å². The van der Waals surface area contributed by atoms with E-state index >= 15 is 0 Å². The standard InChI is InChI=1S/C24H33N5OS/c1-5-11-25-24(30)9-8-19-17(3)26-23-14-20(27-29(23)18(19)4)21-7-6-12-28(21)15-22-16(2)10-13-31-22/h10,13-14,21H,5-9,11-12,15H2,1-4H3,(H,25,30)/t21-/m1/s1. The van der Waals surface area contributed by atoms with E-state index in [9.17, 15) is 4.79 Å². The zero-order valence-corrected chi connectivity index (χ0v) is 19.9. The molecule has 0 radical (unpaired) electrons. The van der Waals surface area contributed by atoms with E-state index in [1.54, 1.807) is 0 Å². The first-order valence-electron chi connectivity index (χ1n) is 11.4. The summed E-state index contributed by atoms with van der Waals surface area (Å²) in [5, 5.41) is 10.1. The van der Waals surface area contributed by atoms with Crippen molar-refractivity contribution in [2.75, 3.05) is 13.1 Å². The third kappa shape index (κ3) is 4.67. The summed E-state index contributed by atoms with van der Waals surface area (Å²) in [4.78, 5) is 20.9. The molecule has 0 spiro atoms. The van der Waals surface area contributed by atoms with E-state index in [-0.39, 0.29) is 5.91 Å². The van der Waals surface area contributed by atoms with Gasteiger partial charge in [0.1, 0.15) is 0 Å². The molecule has 3 aromatic rings. The molecule has 166 valence electrons. The molecular weight excluding hydrogens is 406 g/mol. The van der Waals surface area contributed by atoms with Gasteiger partial charge in [-0.2, -0.15) is 5.10 Å². The lowest BCUT2D eigenvalue weighted by molar-refractivity contribution is -0.121. The fourth-order valence-corrected chi connectivity index (χ4v) is 5.49. The van der Waals surface area contributed by atoms with Gasteiger partial charge in [-0.15, -0.1) is 11.3 Å². The third-order valence-electron chi connectivity index (χ3n) is 6.38. The third-order valence-corrected chi connectivity index (χ3v) is 7.38. The number of aryl methyl sites for hydroxylation is 3. The van der Waals surface area contributed by atoms with E-state index < -0.39 is 0 Å². The van der Waals surface area contributed by atoms with Gasteiger partial charge in [0.05, 0.1) is 11.7 Å². The normalized spacial score (nSPS) is 17.0. The van der Waals surface area contributed by atoms with Crippen LogP contribution in [0.2, 0.25) is 0 Å². The summed E-state index contributed by atoms with van der Waals surface area (Å²) in [6.07, 6.45) is 4.47. The van der Waals surface area contributed by atoms with E-state index in [0.717, 1.165) is 60.8 Å². The fraction of sp³-hybridized carbons (Fsp3) is 0.542.